The van der Waals surface area contributed by atoms with Crippen molar-refractivity contribution in [2.45, 2.75) is 77.6 Å². The molecule has 0 aliphatic heterocycles. The molecule has 4 rings (SSSR count). The van der Waals surface area contributed by atoms with Gasteiger partial charge in [0.15, 0.2) is 0 Å². The van der Waals surface area contributed by atoms with Crippen molar-refractivity contribution in [1.29, 1.82) is 0 Å². The van der Waals surface area contributed by atoms with Gasteiger partial charge < -0.3 is 0 Å². The summed E-state index contributed by atoms with van der Waals surface area (Å²) in [7, 11) is 0. The number of hydrogen-bond donors (Lipinski definition) is 0. The summed E-state index contributed by atoms with van der Waals surface area (Å²) in [5, 5.41) is 0. The number of alkyl halides is 2. The number of Topliss-reactive ketones (excluding diaryl/α,β-unsaturated/α-hetero) is 1. The fourth-order valence-corrected chi connectivity index (χ4v) is 6.94. The van der Waals surface area contributed by atoms with Crippen LogP contribution in [0.1, 0.15) is 71.6 Å². The summed E-state index contributed by atoms with van der Waals surface area (Å²) >= 11 is 0. The van der Waals surface area contributed by atoms with E-state index in [1.807, 2.05) is 0 Å². The second kappa shape index (κ2) is 4.54. The lowest BCUT2D eigenvalue weighted by Gasteiger charge is -2.61. The van der Waals surface area contributed by atoms with E-state index in [0.717, 1.165) is 38.5 Å². The summed E-state index contributed by atoms with van der Waals surface area (Å²) in [6.07, 6.45) is 7.14. The van der Waals surface area contributed by atoms with Gasteiger partial charge in [0.1, 0.15) is 5.78 Å². The fraction of sp³-hybridized carbons (Fsp3) is 0.947. The zero-order valence-corrected chi connectivity index (χ0v) is 13.8. The molecule has 0 spiro atoms. The molecule has 6 atom stereocenters. The molecule has 22 heavy (non-hydrogen) atoms. The highest BCUT2D eigenvalue weighted by Crippen LogP contribution is 2.69. The number of halogens is 2. The van der Waals surface area contributed by atoms with Crippen LogP contribution in [0.15, 0.2) is 0 Å². The van der Waals surface area contributed by atoms with Gasteiger partial charge in [-0.05, 0) is 60.7 Å². The Morgan fingerprint density at radius 1 is 1.05 bits per heavy atom. The maximum atomic E-state index is 15.1. The lowest BCUT2D eigenvalue weighted by atomic mass is 9.44. The SMILES string of the molecule is CC12CCCC1C1C(CC2)C2(C)CCC(=O)CC2CC1(F)F. The van der Waals surface area contributed by atoms with Crippen molar-refractivity contribution in [1.82, 2.24) is 0 Å². The van der Waals surface area contributed by atoms with E-state index in [0.29, 0.717) is 12.8 Å². The number of fused-ring (bicyclic) bond motifs is 5. The highest BCUT2D eigenvalue weighted by atomic mass is 19.3. The van der Waals surface area contributed by atoms with Crippen molar-refractivity contribution < 1.29 is 13.6 Å². The zero-order chi connectivity index (χ0) is 15.8. The van der Waals surface area contributed by atoms with Gasteiger partial charge in [0, 0.05) is 25.2 Å². The largest absolute Gasteiger partial charge is 0.300 e. The van der Waals surface area contributed by atoms with Crippen LogP contribution < -0.4 is 0 Å². The third kappa shape index (κ3) is 1.89. The maximum absolute atomic E-state index is 15.1. The number of hydrogen-bond acceptors (Lipinski definition) is 1. The molecular weight excluding hydrogens is 282 g/mol. The molecule has 3 heteroatoms. The van der Waals surface area contributed by atoms with E-state index in [4.69, 9.17) is 0 Å². The quantitative estimate of drug-likeness (QED) is 0.598. The summed E-state index contributed by atoms with van der Waals surface area (Å²) < 4.78 is 30.2. The molecule has 0 bridgehead atoms. The molecular formula is C19H28F2O. The molecule has 0 radical (unpaired) electrons. The first-order chi connectivity index (χ1) is 10.3. The molecule has 6 unspecified atom stereocenters. The summed E-state index contributed by atoms with van der Waals surface area (Å²) in [6.45, 7) is 4.49. The summed E-state index contributed by atoms with van der Waals surface area (Å²) in [5.74, 6) is -2.54. The molecule has 1 nitrogen and oxygen atoms in total. The Labute approximate surface area is 132 Å². The predicted molar refractivity (Wildman–Crippen MR) is 81.7 cm³/mol. The van der Waals surface area contributed by atoms with Crippen LogP contribution >= 0.6 is 0 Å². The third-order valence-corrected chi connectivity index (χ3v) is 8.25. The van der Waals surface area contributed by atoms with Gasteiger partial charge in [-0.3, -0.25) is 4.79 Å². The monoisotopic (exact) mass is 310 g/mol. The van der Waals surface area contributed by atoms with Crippen molar-refractivity contribution >= 4 is 5.78 Å². The Hall–Kier alpha value is -0.470. The molecule has 4 fully saturated rings. The Morgan fingerprint density at radius 3 is 2.59 bits per heavy atom. The first kappa shape index (κ1) is 15.1. The molecule has 0 aromatic carbocycles. The van der Waals surface area contributed by atoms with Crippen LogP contribution in [-0.4, -0.2) is 11.7 Å². The van der Waals surface area contributed by atoms with Crippen molar-refractivity contribution in [3.05, 3.63) is 0 Å². The molecule has 0 amide bonds. The summed E-state index contributed by atoms with van der Waals surface area (Å²) in [6, 6.07) is 0. The lowest BCUT2D eigenvalue weighted by Crippen LogP contribution is -2.60. The second-order valence-corrected chi connectivity index (χ2v) is 9.23. The van der Waals surface area contributed by atoms with Crippen LogP contribution in [0.3, 0.4) is 0 Å². The number of carbonyl (C=O) groups excluding carboxylic acids is 1. The van der Waals surface area contributed by atoms with Gasteiger partial charge in [-0.25, -0.2) is 8.78 Å². The molecule has 0 N–H and O–H groups in total. The number of ketones is 1. The molecule has 124 valence electrons. The van der Waals surface area contributed by atoms with Gasteiger partial charge in [-0.15, -0.1) is 0 Å². The minimum Gasteiger partial charge on any atom is -0.300 e. The van der Waals surface area contributed by atoms with Gasteiger partial charge in [0.05, 0.1) is 0 Å². The van der Waals surface area contributed by atoms with Crippen molar-refractivity contribution in [2.24, 2.45) is 34.5 Å². The van der Waals surface area contributed by atoms with E-state index < -0.39 is 11.8 Å². The molecule has 4 aliphatic carbocycles. The highest BCUT2D eigenvalue weighted by molar-refractivity contribution is 5.79. The topological polar surface area (TPSA) is 17.1 Å². The second-order valence-electron chi connectivity index (χ2n) is 9.23. The van der Waals surface area contributed by atoms with Crippen LogP contribution in [0, 0.1) is 34.5 Å². The minimum absolute atomic E-state index is 0.0236. The lowest BCUT2D eigenvalue weighted by molar-refractivity contribution is -0.227. The molecule has 0 saturated heterocycles. The fourth-order valence-electron chi connectivity index (χ4n) is 6.94. The van der Waals surface area contributed by atoms with Gasteiger partial charge in [-0.1, -0.05) is 20.3 Å². The van der Waals surface area contributed by atoms with Crippen LogP contribution in [0.4, 0.5) is 8.78 Å². The molecule has 4 aliphatic rings. The van der Waals surface area contributed by atoms with E-state index in [-0.39, 0.29) is 40.8 Å². The first-order valence-electron chi connectivity index (χ1n) is 9.16. The minimum atomic E-state index is -2.57. The average molecular weight is 310 g/mol. The van der Waals surface area contributed by atoms with Crippen LogP contribution in [0.2, 0.25) is 0 Å². The average Bonchev–Trinajstić information content (AvgIpc) is 2.82. The zero-order valence-electron chi connectivity index (χ0n) is 13.8. The van der Waals surface area contributed by atoms with E-state index in [2.05, 4.69) is 13.8 Å². The number of carbonyl (C=O) groups is 1. The Morgan fingerprint density at radius 2 is 1.82 bits per heavy atom. The molecule has 0 aromatic rings. The third-order valence-electron chi connectivity index (χ3n) is 8.25. The van der Waals surface area contributed by atoms with E-state index >= 15 is 8.78 Å². The van der Waals surface area contributed by atoms with Crippen LogP contribution in [-0.2, 0) is 4.79 Å². The normalized spacial score (nSPS) is 53.5. The summed E-state index contributed by atoms with van der Waals surface area (Å²) in [5.41, 5.74) is 0.127. The standard InChI is InChI=1S/C19H28F2O/c1-17-7-3-4-14(17)16-15(6-8-17)18(2)9-5-13(22)10-12(18)11-19(16,20)21/h12,14-16H,3-11H2,1-2H3. The maximum Gasteiger partial charge on any atom is 0.251 e. The molecule has 0 heterocycles. The van der Waals surface area contributed by atoms with Crippen LogP contribution in [0.5, 0.6) is 0 Å². The van der Waals surface area contributed by atoms with E-state index in [1.165, 1.54) is 0 Å². The smallest absolute Gasteiger partial charge is 0.251 e. The Balaban J connectivity index is 1.74. The van der Waals surface area contributed by atoms with Gasteiger partial charge in [0.2, 0.25) is 0 Å². The van der Waals surface area contributed by atoms with Gasteiger partial charge >= 0.3 is 0 Å². The van der Waals surface area contributed by atoms with Crippen molar-refractivity contribution in [3.8, 4) is 0 Å². The van der Waals surface area contributed by atoms with Crippen molar-refractivity contribution in [3.63, 3.8) is 0 Å². The predicted octanol–water partition coefficient (Wildman–Crippen LogP) is 5.23. The van der Waals surface area contributed by atoms with E-state index in [1.54, 1.807) is 0 Å². The van der Waals surface area contributed by atoms with E-state index in [9.17, 15) is 4.79 Å². The Bertz CT molecular complexity index is 502. The van der Waals surface area contributed by atoms with Crippen LogP contribution in [0.25, 0.3) is 0 Å². The Kier molecular flexibility index (Phi) is 3.11. The highest BCUT2D eigenvalue weighted by Gasteiger charge is 2.66. The van der Waals surface area contributed by atoms with Crippen molar-refractivity contribution in [2.75, 3.05) is 0 Å². The first-order valence-corrected chi connectivity index (χ1v) is 9.16. The summed E-state index contributed by atoms with van der Waals surface area (Å²) in [4.78, 5) is 11.8. The molecule has 4 saturated carbocycles. The van der Waals surface area contributed by atoms with Gasteiger partial charge in [-0.2, -0.15) is 0 Å². The van der Waals surface area contributed by atoms with Gasteiger partial charge in [0.25, 0.3) is 5.92 Å². The number of rotatable bonds is 0. The molecule has 0 aromatic heterocycles.